The minimum absolute atomic E-state index is 0.116. The van der Waals surface area contributed by atoms with Crippen molar-refractivity contribution in [2.24, 2.45) is 0 Å². The lowest BCUT2D eigenvalue weighted by Crippen LogP contribution is -2.10. The first-order valence-corrected chi connectivity index (χ1v) is 5.45. The Bertz CT molecular complexity index is 442. The van der Waals surface area contributed by atoms with Crippen molar-refractivity contribution in [3.05, 3.63) is 29.1 Å². The highest BCUT2D eigenvalue weighted by Crippen LogP contribution is 2.30. The second kappa shape index (κ2) is 4.71. The number of esters is 1. The van der Waals surface area contributed by atoms with Crippen molar-refractivity contribution in [3.8, 4) is 5.75 Å². The lowest BCUT2D eigenvalue weighted by Gasteiger charge is -2.12. The number of aromatic hydroxyl groups is 1. The van der Waals surface area contributed by atoms with Gasteiger partial charge in [-0.15, -0.1) is 0 Å². The highest BCUT2D eigenvalue weighted by Gasteiger charge is 2.22. The number of phenols is 1. The molecule has 1 aromatic rings. The maximum atomic E-state index is 13.5. The van der Waals surface area contributed by atoms with Crippen LogP contribution >= 0.6 is 0 Å². The molecule has 1 fully saturated rings. The van der Waals surface area contributed by atoms with Crippen molar-refractivity contribution in [1.82, 2.24) is 5.32 Å². The lowest BCUT2D eigenvalue weighted by atomic mass is 9.96. The molecule has 2 rings (SSSR count). The molecule has 2 N–H and O–H groups in total. The van der Waals surface area contributed by atoms with Gasteiger partial charge in [0, 0.05) is 6.54 Å². The molecule has 1 saturated heterocycles. The Kier molecular flexibility index (Phi) is 3.28. The van der Waals surface area contributed by atoms with Crippen LogP contribution in [0.25, 0.3) is 0 Å². The summed E-state index contributed by atoms with van der Waals surface area (Å²) in [5.74, 6) is -1.98. The van der Waals surface area contributed by atoms with Gasteiger partial charge in [-0.05, 0) is 36.6 Å². The van der Waals surface area contributed by atoms with E-state index in [2.05, 4.69) is 10.1 Å². The average Bonchev–Trinajstić information content (AvgIpc) is 2.85. The van der Waals surface area contributed by atoms with E-state index in [1.807, 2.05) is 0 Å². The van der Waals surface area contributed by atoms with E-state index in [0.717, 1.165) is 19.5 Å². The fraction of sp³-hybridized carbons (Fsp3) is 0.417. The van der Waals surface area contributed by atoms with E-state index in [-0.39, 0.29) is 11.5 Å². The number of halogens is 1. The zero-order valence-corrected chi connectivity index (χ0v) is 9.50. The van der Waals surface area contributed by atoms with Crippen LogP contribution in [0.3, 0.4) is 0 Å². The third-order valence-electron chi connectivity index (χ3n) is 3.02. The molecule has 1 aliphatic rings. The Morgan fingerprint density at radius 3 is 2.94 bits per heavy atom. The summed E-state index contributed by atoms with van der Waals surface area (Å²) in [5.41, 5.74) is 0.597. The van der Waals surface area contributed by atoms with Crippen molar-refractivity contribution in [2.75, 3.05) is 20.2 Å². The predicted octanol–water partition coefficient (Wildman–Crippen LogP) is 1.39. The first-order valence-electron chi connectivity index (χ1n) is 5.45. The summed E-state index contributed by atoms with van der Waals surface area (Å²) in [4.78, 5) is 11.4. The number of methoxy groups -OCH3 is 1. The van der Waals surface area contributed by atoms with E-state index in [1.54, 1.807) is 0 Å². The highest BCUT2D eigenvalue weighted by atomic mass is 19.1. The first kappa shape index (κ1) is 11.9. The molecule has 0 aliphatic carbocycles. The quantitative estimate of drug-likeness (QED) is 0.766. The Hall–Kier alpha value is -1.62. The minimum atomic E-state index is -0.783. The van der Waals surface area contributed by atoms with Gasteiger partial charge in [-0.25, -0.2) is 9.18 Å². The summed E-state index contributed by atoms with van der Waals surface area (Å²) in [6.45, 7) is 1.63. The number of nitrogens with one attached hydrogen (secondary N) is 1. The molecule has 1 heterocycles. The molecule has 1 unspecified atom stereocenters. The van der Waals surface area contributed by atoms with Gasteiger partial charge in [0.15, 0.2) is 11.6 Å². The van der Waals surface area contributed by atoms with Gasteiger partial charge in [0.05, 0.1) is 7.11 Å². The molecule has 0 aromatic heterocycles. The zero-order chi connectivity index (χ0) is 12.4. The van der Waals surface area contributed by atoms with Gasteiger partial charge in [0.2, 0.25) is 0 Å². The highest BCUT2D eigenvalue weighted by molar-refractivity contribution is 5.92. The fourth-order valence-electron chi connectivity index (χ4n) is 2.06. The summed E-state index contributed by atoms with van der Waals surface area (Å²) in [6.07, 6.45) is 0.894. The molecule has 0 bridgehead atoms. The maximum absolute atomic E-state index is 13.5. The molecule has 17 heavy (non-hydrogen) atoms. The number of rotatable bonds is 2. The number of carbonyl (C=O) groups is 1. The number of hydrogen-bond donors (Lipinski definition) is 2. The third-order valence-corrected chi connectivity index (χ3v) is 3.02. The van der Waals surface area contributed by atoms with Crippen LogP contribution in [0.1, 0.15) is 28.3 Å². The summed E-state index contributed by atoms with van der Waals surface area (Å²) in [5, 5.41) is 12.6. The molecule has 5 heteroatoms. The molecule has 0 spiro atoms. The van der Waals surface area contributed by atoms with Gasteiger partial charge < -0.3 is 15.2 Å². The van der Waals surface area contributed by atoms with Crippen LogP contribution in [0.2, 0.25) is 0 Å². The molecule has 1 atom stereocenters. The molecular formula is C12H14FNO3. The molecule has 1 aliphatic heterocycles. The van der Waals surface area contributed by atoms with Crippen molar-refractivity contribution < 1.29 is 19.0 Å². The van der Waals surface area contributed by atoms with E-state index in [0.29, 0.717) is 5.56 Å². The number of phenolic OH excluding ortho intramolecular Hbond substituents is 1. The summed E-state index contributed by atoms with van der Waals surface area (Å²) < 4.78 is 18.0. The van der Waals surface area contributed by atoms with E-state index < -0.39 is 17.5 Å². The van der Waals surface area contributed by atoms with Crippen LogP contribution in [0.4, 0.5) is 4.39 Å². The molecule has 4 nitrogen and oxygen atoms in total. The second-order valence-electron chi connectivity index (χ2n) is 4.08. The van der Waals surface area contributed by atoms with Crippen LogP contribution in [0.15, 0.2) is 12.1 Å². The summed E-state index contributed by atoms with van der Waals surface area (Å²) in [7, 11) is 1.20. The SMILES string of the molecule is COC(=O)c1cc(C2CCNC2)cc(F)c1O. The zero-order valence-electron chi connectivity index (χ0n) is 9.50. The van der Waals surface area contributed by atoms with Crippen molar-refractivity contribution >= 4 is 5.97 Å². The Labute approximate surface area is 98.4 Å². The van der Waals surface area contributed by atoms with Gasteiger partial charge in [0.1, 0.15) is 5.56 Å². The van der Waals surface area contributed by atoms with Gasteiger partial charge in [-0.2, -0.15) is 0 Å². The van der Waals surface area contributed by atoms with E-state index in [9.17, 15) is 14.3 Å². The van der Waals surface area contributed by atoms with Gasteiger partial charge in [-0.3, -0.25) is 0 Å². The number of ether oxygens (including phenoxy) is 1. The van der Waals surface area contributed by atoms with Crippen LogP contribution in [0.5, 0.6) is 5.75 Å². The van der Waals surface area contributed by atoms with Crippen molar-refractivity contribution in [2.45, 2.75) is 12.3 Å². The molecule has 0 radical (unpaired) electrons. The first-order chi connectivity index (χ1) is 8.13. The maximum Gasteiger partial charge on any atom is 0.341 e. The number of hydrogen-bond acceptors (Lipinski definition) is 4. The van der Waals surface area contributed by atoms with Crippen LogP contribution in [-0.4, -0.2) is 31.3 Å². The van der Waals surface area contributed by atoms with Crippen molar-refractivity contribution in [1.29, 1.82) is 0 Å². The van der Waals surface area contributed by atoms with E-state index in [4.69, 9.17) is 0 Å². The smallest absolute Gasteiger partial charge is 0.341 e. The predicted molar refractivity (Wildman–Crippen MR) is 59.6 cm³/mol. The Balaban J connectivity index is 2.41. The van der Waals surface area contributed by atoms with E-state index in [1.165, 1.54) is 19.2 Å². The number of carbonyl (C=O) groups excluding carboxylic acids is 1. The van der Waals surface area contributed by atoms with Crippen molar-refractivity contribution in [3.63, 3.8) is 0 Å². The molecule has 0 saturated carbocycles. The van der Waals surface area contributed by atoms with Crippen LogP contribution in [-0.2, 0) is 4.74 Å². The summed E-state index contributed by atoms with van der Waals surface area (Å²) >= 11 is 0. The molecular weight excluding hydrogens is 225 g/mol. The Morgan fingerprint density at radius 2 is 2.35 bits per heavy atom. The average molecular weight is 239 g/mol. The number of benzene rings is 1. The summed E-state index contributed by atoms with van der Waals surface area (Å²) in [6, 6.07) is 2.78. The largest absolute Gasteiger partial charge is 0.504 e. The fourth-order valence-corrected chi connectivity index (χ4v) is 2.06. The monoisotopic (exact) mass is 239 g/mol. The van der Waals surface area contributed by atoms with Crippen LogP contribution < -0.4 is 5.32 Å². The second-order valence-corrected chi connectivity index (χ2v) is 4.08. The standard InChI is InChI=1S/C12H14FNO3/c1-17-12(16)9-4-8(5-10(13)11(9)15)7-2-3-14-6-7/h4-5,7,14-15H,2-3,6H2,1H3. The van der Waals surface area contributed by atoms with E-state index >= 15 is 0 Å². The molecule has 0 amide bonds. The third kappa shape index (κ3) is 2.24. The lowest BCUT2D eigenvalue weighted by molar-refractivity contribution is 0.0596. The van der Waals surface area contributed by atoms with Gasteiger partial charge >= 0.3 is 5.97 Å². The molecule has 92 valence electrons. The Morgan fingerprint density at radius 1 is 1.59 bits per heavy atom. The minimum Gasteiger partial charge on any atom is -0.504 e. The van der Waals surface area contributed by atoms with Gasteiger partial charge in [-0.1, -0.05) is 0 Å². The van der Waals surface area contributed by atoms with Gasteiger partial charge in [0.25, 0.3) is 0 Å². The molecule has 1 aromatic carbocycles. The normalized spacial score (nSPS) is 19.3. The van der Waals surface area contributed by atoms with Crippen LogP contribution in [0, 0.1) is 5.82 Å². The topological polar surface area (TPSA) is 58.6 Å².